The first-order chi connectivity index (χ1) is 9.69. The van der Waals surface area contributed by atoms with E-state index in [9.17, 15) is 4.79 Å². The van der Waals surface area contributed by atoms with E-state index in [1.54, 1.807) is 13.3 Å². The van der Waals surface area contributed by atoms with Crippen LogP contribution < -0.4 is 15.5 Å². The maximum Gasteiger partial charge on any atom is 0.259 e. The van der Waals surface area contributed by atoms with Crippen LogP contribution in [0.2, 0.25) is 0 Å². The lowest BCUT2D eigenvalue weighted by Crippen LogP contribution is -2.26. The zero-order valence-electron chi connectivity index (χ0n) is 12.3. The molecule has 1 aromatic rings. The fourth-order valence-corrected chi connectivity index (χ4v) is 1.64. The van der Waals surface area contributed by atoms with Gasteiger partial charge in [0.15, 0.2) is 0 Å². The van der Waals surface area contributed by atoms with Crippen LogP contribution in [0.25, 0.3) is 0 Å². The molecule has 0 heterocycles. The number of carbonyl (C=O) groups is 1. The SMILES string of the molecule is CCC(/C=N\NC(=O)CNc1ccc(OC)cc1)CC. The van der Waals surface area contributed by atoms with Gasteiger partial charge in [0.05, 0.1) is 13.7 Å². The van der Waals surface area contributed by atoms with Crippen LogP contribution in [-0.4, -0.2) is 25.8 Å². The number of hydrazone groups is 1. The second-order valence-electron chi connectivity index (χ2n) is 4.47. The van der Waals surface area contributed by atoms with Gasteiger partial charge in [0.2, 0.25) is 0 Å². The van der Waals surface area contributed by atoms with E-state index >= 15 is 0 Å². The van der Waals surface area contributed by atoms with Crippen LogP contribution in [0.5, 0.6) is 5.75 Å². The Balaban J connectivity index is 2.32. The minimum absolute atomic E-state index is 0.164. The summed E-state index contributed by atoms with van der Waals surface area (Å²) in [5.41, 5.74) is 3.38. The van der Waals surface area contributed by atoms with Crippen LogP contribution in [0.3, 0.4) is 0 Å². The van der Waals surface area contributed by atoms with Crippen LogP contribution in [0.4, 0.5) is 5.69 Å². The molecule has 1 amide bonds. The smallest absolute Gasteiger partial charge is 0.259 e. The van der Waals surface area contributed by atoms with E-state index < -0.39 is 0 Å². The number of nitrogens with zero attached hydrogens (tertiary/aromatic N) is 1. The molecular weight excluding hydrogens is 254 g/mol. The average Bonchev–Trinajstić information content (AvgIpc) is 2.50. The third kappa shape index (κ3) is 5.73. The Morgan fingerprint density at radius 2 is 1.95 bits per heavy atom. The molecule has 0 spiro atoms. The van der Waals surface area contributed by atoms with Gasteiger partial charge in [-0.05, 0) is 43.0 Å². The van der Waals surface area contributed by atoms with E-state index in [1.165, 1.54) is 0 Å². The number of methoxy groups -OCH3 is 1. The third-order valence-electron chi connectivity index (χ3n) is 3.07. The zero-order chi connectivity index (χ0) is 14.8. The maximum atomic E-state index is 11.6. The molecule has 0 unspecified atom stereocenters. The molecule has 0 saturated heterocycles. The summed E-state index contributed by atoms with van der Waals surface area (Å²) in [7, 11) is 1.62. The normalized spacial score (nSPS) is 10.8. The second kappa shape index (κ2) is 8.96. The molecule has 5 nitrogen and oxygen atoms in total. The van der Waals surface area contributed by atoms with E-state index in [4.69, 9.17) is 4.74 Å². The van der Waals surface area contributed by atoms with Crippen LogP contribution in [0.1, 0.15) is 26.7 Å². The number of hydrogen-bond donors (Lipinski definition) is 2. The lowest BCUT2D eigenvalue weighted by Gasteiger charge is -2.07. The van der Waals surface area contributed by atoms with Crippen molar-refractivity contribution in [2.24, 2.45) is 11.0 Å². The summed E-state index contributed by atoms with van der Waals surface area (Å²) < 4.78 is 5.07. The van der Waals surface area contributed by atoms with Crippen molar-refractivity contribution in [1.29, 1.82) is 0 Å². The number of anilines is 1. The Hall–Kier alpha value is -2.04. The molecule has 5 heteroatoms. The Morgan fingerprint density at radius 1 is 1.30 bits per heavy atom. The molecule has 0 fully saturated rings. The first kappa shape index (κ1) is 16.0. The topological polar surface area (TPSA) is 62.7 Å². The summed E-state index contributed by atoms with van der Waals surface area (Å²) in [6.07, 6.45) is 3.85. The molecule has 0 atom stereocenters. The Bertz CT molecular complexity index is 425. The summed E-state index contributed by atoms with van der Waals surface area (Å²) >= 11 is 0. The van der Waals surface area contributed by atoms with Gasteiger partial charge in [-0.3, -0.25) is 4.79 Å². The molecule has 0 aromatic heterocycles. The molecule has 1 rings (SSSR count). The molecule has 0 saturated carbocycles. The fraction of sp³-hybridized carbons (Fsp3) is 0.467. The number of ether oxygens (including phenoxy) is 1. The standard InChI is InChI=1S/C15H23N3O2/c1-4-12(5-2)10-17-18-15(19)11-16-13-6-8-14(20-3)9-7-13/h6-10,12,16H,4-5,11H2,1-3H3,(H,18,19)/b17-10-. The van der Waals surface area contributed by atoms with Gasteiger partial charge in [-0.15, -0.1) is 0 Å². The molecule has 2 N–H and O–H groups in total. The number of carbonyl (C=O) groups excluding carboxylic acids is 1. The highest BCUT2D eigenvalue weighted by atomic mass is 16.5. The Labute approximate surface area is 120 Å². The summed E-state index contributed by atoms with van der Waals surface area (Å²) in [5.74, 6) is 1.04. The number of hydrogen-bond acceptors (Lipinski definition) is 4. The molecule has 0 bridgehead atoms. The van der Waals surface area contributed by atoms with E-state index in [0.29, 0.717) is 5.92 Å². The van der Waals surface area contributed by atoms with E-state index in [0.717, 1.165) is 24.3 Å². The van der Waals surface area contributed by atoms with E-state index in [1.807, 2.05) is 24.3 Å². The molecule has 0 aliphatic carbocycles. The summed E-state index contributed by atoms with van der Waals surface area (Å²) in [6, 6.07) is 7.40. The minimum atomic E-state index is -0.164. The molecule has 1 aromatic carbocycles. The van der Waals surface area contributed by atoms with Crippen molar-refractivity contribution < 1.29 is 9.53 Å². The van der Waals surface area contributed by atoms with Gasteiger partial charge in [-0.1, -0.05) is 13.8 Å². The second-order valence-corrected chi connectivity index (χ2v) is 4.47. The first-order valence-corrected chi connectivity index (χ1v) is 6.89. The number of benzene rings is 1. The zero-order valence-corrected chi connectivity index (χ0v) is 12.3. The third-order valence-corrected chi connectivity index (χ3v) is 3.07. The van der Waals surface area contributed by atoms with Crippen LogP contribution in [0.15, 0.2) is 29.4 Å². The quantitative estimate of drug-likeness (QED) is 0.567. The maximum absolute atomic E-state index is 11.6. The molecule has 0 radical (unpaired) electrons. The highest BCUT2D eigenvalue weighted by Crippen LogP contribution is 2.14. The summed E-state index contributed by atoms with van der Waals surface area (Å²) in [5, 5.41) is 6.99. The molecule has 0 aliphatic rings. The van der Waals surface area contributed by atoms with Crippen molar-refractivity contribution in [3.05, 3.63) is 24.3 Å². The van der Waals surface area contributed by atoms with Gasteiger partial charge in [0.25, 0.3) is 5.91 Å². The van der Waals surface area contributed by atoms with Gasteiger partial charge in [0.1, 0.15) is 5.75 Å². The Morgan fingerprint density at radius 3 is 2.50 bits per heavy atom. The van der Waals surface area contributed by atoms with Gasteiger partial charge in [-0.2, -0.15) is 5.10 Å². The number of nitrogens with one attached hydrogen (secondary N) is 2. The van der Waals surface area contributed by atoms with E-state index in [-0.39, 0.29) is 12.5 Å². The van der Waals surface area contributed by atoms with Crippen LogP contribution >= 0.6 is 0 Å². The van der Waals surface area contributed by atoms with Crippen molar-refractivity contribution in [3.63, 3.8) is 0 Å². The summed E-state index contributed by atoms with van der Waals surface area (Å²) in [6.45, 7) is 4.40. The predicted molar refractivity (Wildman–Crippen MR) is 82.2 cm³/mol. The first-order valence-electron chi connectivity index (χ1n) is 6.89. The van der Waals surface area contributed by atoms with Crippen molar-refractivity contribution in [2.45, 2.75) is 26.7 Å². The van der Waals surface area contributed by atoms with Crippen molar-refractivity contribution in [2.75, 3.05) is 19.0 Å². The van der Waals surface area contributed by atoms with Crippen molar-refractivity contribution in [3.8, 4) is 5.75 Å². The molecular formula is C15H23N3O2. The molecule has 110 valence electrons. The lowest BCUT2D eigenvalue weighted by molar-refractivity contribution is -0.119. The summed E-state index contributed by atoms with van der Waals surface area (Å²) in [4.78, 5) is 11.6. The fourth-order valence-electron chi connectivity index (χ4n) is 1.64. The van der Waals surface area contributed by atoms with Gasteiger partial charge < -0.3 is 10.1 Å². The average molecular weight is 277 g/mol. The largest absolute Gasteiger partial charge is 0.497 e. The monoisotopic (exact) mass is 277 g/mol. The van der Waals surface area contributed by atoms with Crippen molar-refractivity contribution >= 4 is 17.8 Å². The van der Waals surface area contributed by atoms with E-state index in [2.05, 4.69) is 29.7 Å². The van der Waals surface area contributed by atoms with Gasteiger partial charge in [-0.25, -0.2) is 5.43 Å². The van der Waals surface area contributed by atoms with Crippen LogP contribution in [-0.2, 0) is 4.79 Å². The minimum Gasteiger partial charge on any atom is -0.497 e. The lowest BCUT2D eigenvalue weighted by atomic mass is 10.1. The predicted octanol–water partition coefficient (Wildman–Crippen LogP) is 2.65. The van der Waals surface area contributed by atoms with Crippen LogP contribution in [0, 0.1) is 5.92 Å². The van der Waals surface area contributed by atoms with Gasteiger partial charge >= 0.3 is 0 Å². The highest BCUT2D eigenvalue weighted by molar-refractivity contribution is 5.81. The molecule has 20 heavy (non-hydrogen) atoms. The highest BCUT2D eigenvalue weighted by Gasteiger charge is 2.01. The molecule has 0 aliphatic heterocycles. The van der Waals surface area contributed by atoms with Gasteiger partial charge in [0, 0.05) is 11.9 Å². The van der Waals surface area contributed by atoms with Crippen molar-refractivity contribution in [1.82, 2.24) is 5.43 Å². The number of amides is 1. The Kier molecular flexibility index (Phi) is 7.17. The number of rotatable bonds is 8.